The minimum absolute atomic E-state index is 0.0354. The van der Waals surface area contributed by atoms with Gasteiger partial charge >= 0.3 is 0 Å². The first-order valence-electron chi connectivity index (χ1n) is 9.45. The Morgan fingerprint density at radius 2 is 1.89 bits per heavy atom. The first-order chi connectivity index (χ1) is 13.5. The van der Waals surface area contributed by atoms with Crippen LogP contribution in [0.1, 0.15) is 37.0 Å². The van der Waals surface area contributed by atoms with E-state index in [1.54, 1.807) is 7.11 Å². The molecule has 1 saturated heterocycles. The zero-order chi connectivity index (χ0) is 19.9. The largest absolute Gasteiger partial charge is 0.497 e. The van der Waals surface area contributed by atoms with Gasteiger partial charge in [-0.15, -0.1) is 0 Å². The second-order valence-electron chi connectivity index (χ2n) is 6.94. The van der Waals surface area contributed by atoms with Gasteiger partial charge in [0.25, 0.3) is 0 Å². The molecule has 0 bridgehead atoms. The molecule has 0 saturated carbocycles. The number of ether oxygens (including phenoxy) is 2. The van der Waals surface area contributed by atoms with Gasteiger partial charge < -0.3 is 20.1 Å². The summed E-state index contributed by atoms with van der Waals surface area (Å²) in [5.74, 6) is 0.635. The molecule has 1 aliphatic rings. The SMILES string of the molecule is COc1ccc(CC(=O)Nc2ccccc2[C@@H]2C[C@H](NC(C)=O)CCO2)cc1. The van der Waals surface area contributed by atoms with Crippen LogP contribution in [0.2, 0.25) is 0 Å². The van der Waals surface area contributed by atoms with Crippen LogP contribution in [0.15, 0.2) is 48.5 Å². The number of hydrogen-bond acceptors (Lipinski definition) is 4. The van der Waals surface area contributed by atoms with Gasteiger partial charge in [0.15, 0.2) is 0 Å². The molecule has 1 heterocycles. The summed E-state index contributed by atoms with van der Waals surface area (Å²) in [5.41, 5.74) is 2.59. The van der Waals surface area contributed by atoms with E-state index in [0.717, 1.165) is 29.0 Å². The van der Waals surface area contributed by atoms with E-state index in [-0.39, 0.29) is 30.4 Å². The van der Waals surface area contributed by atoms with Gasteiger partial charge in [-0.3, -0.25) is 9.59 Å². The number of anilines is 1. The number of hydrogen-bond donors (Lipinski definition) is 2. The number of benzene rings is 2. The van der Waals surface area contributed by atoms with Crippen LogP contribution in [0.5, 0.6) is 5.75 Å². The Morgan fingerprint density at radius 1 is 1.14 bits per heavy atom. The van der Waals surface area contributed by atoms with Gasteiger partial charge in [-0.25, -0.2) is 0 Å². The molecule has 0 aromatic heterocycles. The molecule has 1 fully saturated rings. The Balaban J connectivity index is 1.67. The Labute approximate surface area is 165 Å². The normalized spacial score (nSPS) is 18.9. The number of carbonyl (C=O) groups excluding carboxylic acids is 2. The first-order valence-corrected chi connectivity index (χ1v) is 9.45. The summed E-state index contributed by atoms with van der Waals surface area (Å²) >= 11 is 0. The fraction of sp³-hybridized carbons (Fsp3) is 0.364. The standard InChI is InChI=1S/C22H26N2O4/c1-15(25)23-17-11-12-28-21(14-17)19-5-3-4-6-20(19)24-22(26)13-16-7-9-18(27-2)10-8-16/h3-10,17,21H,11-14H2,1-2H3,(H,23,25)(H,24,26)/t17-,21+/m1/s1. The fourth-order valence-electron chi connectivity index (χ4n) is 3.45. The molecule has 0 spiro atoms. The monoisotopic (exact) mass is 382 g/mol. The lowest BCUT2D eigenvalue weighted by Crippen LogP contribution is -2.38. The molecule has 2 aromatic carbocycles. The topological polar surface area (TPSA) is 76.7 Å². The molecule has 2 N–H and O–H groups in total. The predicted molar refractivity (Wildman–Crippen MR) is 107 cm³/mol. The quantitative estimate of drug-likeness (QED) is 0.804. The van der Waals surface area contributed by atoms with Crippen LogP contribution in [-0.4, -0.2) is 31.6 Å². The predicted octanol–water partition coefficient (Wildman–Crippen LogP) is 3.23. The minimum atomic E-state index is -0.164. The van der Waals surface area contributed by atoms with Crippen LogP contribution in [0.4, 0.5) is 5.69 Å². The van der Waals surface area contributed by atoms with E-state index < -0.39 is 0 Å². The molecule has 2 atom stereocenters. The average Bonchev–Trinajstić information content (AvgIpc) is 2.68. The van der Waals surface area contributed by atoms with Gasteiger partial charge in [-0.2, -0.15) is 0 Å². The van der Waals surface area contributed by atoms with Gasteiger partial charge in [-0.1, -0.05) is 30.3 Å². The zero-order valence-electron chi connectivity index (χ0n) is 16.2. The molecular formula is C22H26N2O4. The number of carbonyl (C=O) groups is 2. The molecule has 1 aliphatic heterocycles. The number of nitrogens with one attached hydrogen (secondary N) is 2. The van der Waals surface area contributed by atoms with Gasteiger partial charge in [0.1, 0.15) is 5.75 Å². The highest BCUT2D eigenvalue weighted by Crippen LogP contribution is 2.33. The van der Waals surface area contributed by atoms with E-state index in [4.69, 9.17) is 9.47 Å². The van der Waals surface area contributed by atoms with E-state index >= 15 is 0 Å². The number of amides is 2. The van der Waals surface area contributed by atoms with Crippen LogP contribution in [0, 0.1) is 0 Å². The van der Waals surface area contributed by atoms with Crippen molar-refractivity contribution in [2.45, 2.75) is 38.3 Å². The highest BCUT2D eigenvalue weighted by atomic mass is 16.5. The van der Waals surface area contributed by atoms with Gasteiger partial charge in [0.05, 0.1) is 19.6 Å². The van der Waals surface area contributed by atoms with Crippen molar-refractivity contribution in [1.29, 1.82) is 0 Å². The molecule has 2 aromatic rings. The molecule has 2 amide bonds. The second kappa shape index (κ2) is 9.37. The van der Waals surface area contributed by atoms with Crippen LogP contribution < -0.4 is 15.4 Å². The fourth-order valence-corrected chi connectivity index (χ4v) is 3.45. The third kappa shape index (κ3) is 5.33. The van der Waals surface area contributed by atoms with Crippen molar-refractivity contribution >= 4 is 17.5 Å². The summed E-state index contributed by atoms with van der Waals surface area (Å²) in [6, 6.07) is 15.2. The second-order valence-corrected chi connectivity index (χ2v) is 6.94. The van der Waals surface area contributed by atoms with E-state index in [0.29, 0.717) is 13.0 Å². The van der Waals surface area contributed by atoms with Crippen molar-refractivity contribution in [1.82, 2.24) is 5.32 Å². The highest BCUT2D eigenvalue weighted by molar-refractivity contribution is 5.93. The molecule has 148 valence electrons. The maximum absolute atomic E-state index is 12.5. The summed E-state index contributed by atoms with van der Waals surface area (Å²) in [4.78, 5) is 23.9. The van der Waals surface area contributed by atoms with Crippen molar-refractivity contribution in [3.05, 3.63) is 59.7 Å². The molecule has 6 heteroatoms. The smallest absolute Gasteiger partial charge is 0.228 e. The lowest BCUT2D eigenvalue weighted by atomic mass is 9.96. The first kappa shape index (κ1) is 19.9. The summed E-state index contributed by atoms with van der Waals surface area (Å²) in [6.45, 7) is 2.10. The number of para-hydroxylation sites is 1. The molecule has 6 nitrogen and oxygen atoms in total. The summed E-state index contributed by atoms with van der Waals surface area (Å²) in [5, 5.41) is 5.97. The molecule has 3 rings (SSSR count). The van der Waals surface area contributed by atoms with E-state index in [2.05, 4.69) is 10.6 Å². The van der Waals surface area contributed by atoms with Gasteiger partial charge in [0.2, 0.25) is 11.8 Å². The molecule has 0 aliphatic carbocycles. The lowest BCUT2D eigenvalue weighted by molar-refractivity contribution is -0.120. The van der Waals surface area contributed by atoms with E-state index in [1.165, 1.54) is 6.92 Å². The summed E-state index contributed by atoms with van der Waals surface area (Å²) in [7, 11) is 1.61. The number of rotatable bonds is 6. The van der Waals surface area contributed by atoms with Crippen molar-refractivity contribution in [2.24, 2.45) is 0 Å². The van der Waals surface area contributed by atoms with Crippen LogP contribution in [0.25, 0.3) is 0 Å². The Kier molecular flexibility index (Phi) is 6.66. The maximum atomic E-state index is 12.5. The minimum Gasteiger partial charge on any atom is -0.497 e. The summed E-state index contributed by atoms with van der Waals surface area (Å²) < 4.78 is 11.1. The molecule has 0 radical (unpaired) electrons. The summed E-state index contributed by atoms with van der Waals surface area (Å²) in [6.07, 6.45) is 1.59. The zero-order valence-corrected chi connectivity index (χ0v) is 16.2. The average molecular weight is 382 g/mol. The van der Waals surface area contributed by atoms with Crippen LogP contribution in [-0.2, 0) is 20.7 Å². The van der Waals surface area contributed by atoms with Gasteiger partial charge in [0, 0.05) is 30.8 Å². The molecule has 0 unspecified atom stereocenters. The van der Waals surface area contributed by atoms with E-state index in [1.807, 2.05) is 48.5 Å². The molecular weight excluding hydrogens is 356 g/mol. The third-order valence-electron chi connectivity index (χ3n) is 4.80. The lowest BCUT2D eigenvalue weighted by Gasteiger charge is -2.31. The van der Waals surface area contributed by atoms with Crippen molar-refractivity contribution in [3.63, 3.8) is 0 Å². The highest BCUT2D eigenvalue weighted by Gasteiger charge is 2.26. The van der Waals surface area contributed by atoms with Gasteiger partial charge in [-0.05, 0) is 36.6 Å². The molecule has 28 heavy (non-hydrogen) atoms. The number of methoxy groups -OCH3 is 1. The van der Waals surface area contributed by atoms with Crippen molar-refractivity contribution in [2.75, 3.05) is 19.0 Å². The third-order valence-corrected chi connectivity index (χ3v) is 4.80. The van der Waals surface area contributed by atoms with Crippen LogP contribution in [0.3, 0.4) is 0 Å². The van der Waals surface area contributed by atoms with Crippen LogP contribution >= 0.6 is 0 Å². The Hall–Kier alpha value is -2.86. The van der Waals surface area contributed by atoms with Crippen molar-refractivity contribution in [3.8, 4) is 5.75 Å². The Bertz CT molecular complexity index is 820. The maximum Gasteiger partial charge on any atom is 0.228 e. The Morgan fingerprint density at radius 3 is 2.61 bits per heavy atom. The van der Waals surface area contributed by atoms with E-state index in [9.17, 15) is 9.59 Å². The van der Waals surface area contributed by atoms with Crippen molar-refractivity contribution < 1.29 is 19.1 Å².